The van der Waals surface area contributed by atoms with Crippen LogP contribution in [-0.2, 0) is 0 Å². The molecule has 0 radical (unpaired) electrons. The van der Waals surface area contributed by atoms with Crippen molar-refractivity contribution in [2.75, 3.05) is 6.54 Å². The highest BCUT2D eigenvalue weighted by atomic mass is 19.2. The first kappa shape index (κ1) is 12.2. The van der Waals surface area contributed by atoms with Gasteiger partial charge in [-0.1, -0.05) is 17.6 Å². The van der Waals surface area contributed by atoms with Gasteiger partial charge in [0, 0.05) is 0 Å². The number of halogens is 2. The average molecular weight is 265 g/mol. The molecule has 3 rings (SSSR count). The summed E-state index contributed by atoms with van der Waals surface area (Å²) in [5, 5.41) is 7.12. The summed E-state index contributed by atoms with van der Waals surface area (Å²) in [4.78, 5) is 4.16. The largest absolute Gasteiger partial charge is 0.334 e. The molecule has 1 atom stereocenters. The lowest BCUT2D eigenvalue weighted by Gasteiger charge is -2.19. The smallest absolute Gasteiger partial charge is 0.261 e. The molecule has 1 aliphatic rings. The molecule has 2 aromatic rings. The van der Waals surface area contributed by atoms with Crippen LogP contribution in [0.4, 0.5) is 8.78 Å². The molecule has 0 amide bonds. The van der Waals surface area contributed by atoms with Gasteiger partial charge in [-0.3, -0.25) is 0 Å². The zero-order chi connectivity index (χ0) is 13.2. The molecule has 0 aliphatic carbocycles. The highest BCUT2D eigenvalue weighted by Gasteiger charge is 2.22. The van der Waals surface area contributed by atoms with Gasteiger partial charge in [-0.2, -0.15) is 4.98 Å². The van der Waals surface area contributed by atoms with Crippen molar-refractivity contribution in [2.24, 2.45) is 0 Å². The molecule has 6 heteroatoms. The number of benzene rings is 1. The Kier molecular flexibility index (Phi) is 3.25. The predicted octanol–water partition coefficient (Wildman–Crippen LogP) is 2.83. The highest BCUT2D eigenvalue weighted by Crippen LogP contribution is 2.26. The molecule has 4 nitrogen and oxygen atoms in total. The van der Waals surface area contributed by atoms with Crippen molar-refractivity contribution in [1.82, 2.24) is 15.5 Å². The zero-order valence-corrected chi connectivity index (χ0v) is 10.2. The fraction of sp³-hybridized carbons (Fsp3) is 0.385. The minimum Gasteiger partial charge on any atom is -0.334 e. The molecule has 1 fully saturated rings. The Morgan fingerprint density at radius 2 is 2.16 bits per heavy atom. The van der Waals surface area contributed by atoms with Gasteiger partial charge in [0.2, 0.25) is 0 Å². The molecule has 0 saturated carbocycles. The van der Waals surface area contributed by atoms with E-state index in [1.165, 1.54) is 12.1 Å². The second kappa shape index (κ2) is 5.05. The highest BCUT2D eigenvalue weighted by molar-refractivity contribution is 5.53. The maximum atomic E-state index is 13.6. The zero-order valence-electron chi connectivity index (χ0n) is 10.2. The van der Waals surface area contributed by atoms with E-state index in [4.69, 9.17) is 4.52 Å². The van der Waals surface area contributed by atoms with E-state index in [2.05, 4.69) is 15.5 Å². The Morgan fingerprint density at radius 3 is 2.95 bits per heavy atom. The second-order valence-corrected chi connectivity index (χ2v) is 4.56. The van der Waals surface area contributed by atoms with Crippen molar-refractivity contribution in [3.8, 4) is 11.5 Å². The molecule has 1 aromatic carbocycles. The third-order valence-electron chi connectivity index (χ3n) is 3.25. The molecular formula is C13H13F2N3O. The van der Waals surface area contributed by atoms with E-state index in [1.807, 2.05) is 0 Å². The Balaban J connectivity index is 1.90. The lowest BCUT2D eigenvalue weighted by molar-refractivity contribution is 0.366. The van der Waals surface area contributed by atoms with Crippen LogP contribution >= 0.6 is 0 Å². The second-order valence-electron chi connectivity index (χ2n) is 4.56. The molecule has 19 heavy (non-hydrogen) atoms. The van der Waals surface area contributed by atoms with Crippen LogP contribution in [0.5, 0.6) is 0 Å². The molecule has 1 aliphatic heterocycles. The molecule has 0 spiro atoms. The molecule has 2 heterocycles. The monoisotopic (exact) mass is 265 g/mol. The maximum absolute atomic E-state index is 13.6. The van der Waals surface area contributed by atoms with Gasteiger partial charge in [0.05, 0.1) is 11.6 Å². The maximum Gasteiger partial charge on any atom is 0.261 e. The summed E-state index contributed by atoms with van der Waals surface area (Å²) in [6, 6.07) is 3.92. The summed E-state index contributed by atoms with van der Waals surface area (Å²) in [6.45, 7) is 0.906. The fourth-order valence-corrected chi connectivity index (χ4v) is 2.23. The van der Waals surface area contributed by atoms with E-state index < -0.39 is 11.6 Å². The van der Waals surface area contributed by atoms with Gasteiger partial charge in [-0.25, -0.2) is 8.78 Å². The normalized spacial score (nSPS) is 19.6. The standard InChI is InChI=1S/C13H13F2N3O/c14-9-5-3-4-8(11(9)15)13-17-12(18-19-13)10-6-1-2-7-16-10/h3-5,10,16H,1-2,6-7H2. The number of piperidine rings is 1. The van der Waals surface area contributed by atoms with E-state index >= 15 is 0 Å². The van der Waals surface area contributed by atoms with E-state index in [9.17, 15) is 8.78 Å². The number of nitrogens with zero attached hydrogens (tertiary/aromatic N) is 2. The van der Waals surface area contributed by atoms with Crippen molar-refractivity contribution in [1.29, 1.82) is 0 Å². The van der Waals surface area contributed by atoms with Crippen LogP contribution in [0.3, 0.4) is 0 Å². The number of aromatic nitrogens is 2. The molecular weight excluding hydrogens is 252 g/mol. The quantitative estimate of drug-likeness (QED) is 0.907. The topological polar surface area (TPSA) is 51.0 Å². The average Bonchev–Trinajstić information content (AvgIpc) is 2.92. The summed E-state index contributed by atoms with van der Waals surface area (Å²) in [7, 11) is 0. The summed E-state index contributed by atoms with van der Waals surface area (Å²) >= 11 is 0. The molecule has 1 saturated heterocycles. The lowest BCUT2D eigenvalue weighted by atomic mass is 10.0. The minimum atomic E-state index is -0.964. The number of nitrogens with one attached hydrogen (secondary N) is 1. The van der Waals surface area contributed by atoms with Crippen molar-refractivity contribution in [3.63, 3.8) is 0 Å². The molecule has 0 bridgehead atoms. The summed E-state index contributed by atoms with van der Waals surface area (Å²) < 4.78 is 31.8. The number of hydrogen-bond acceptors (Lipinski definition) is 4. The van der Waals surface area contributed by atoms with E-state index in [1.54, 1.807) is 0 Å². The first-order valence-electron chi connectivity index (χ1n) is 6.27. The predicted molar refractivity (Wildman–Crippen MR) is 64.2 cm³/mol. The molecule has 1 unspecified atom stereocenters. The third-order valence-corrected chi connectivity index (χ3v) is 3.25. The van der Waals surface area contributed by atoms with Crippen LogP contribution in [0, 0.1) is 11.6 Å². The van der Waals surface area contributed by atoms with Crippen molar-refractivity contribution in [3.05, 3.63) is 35.7 Å². The number of hydrogen-bond donors (Lipinski definition) is 1. The van der Waals surface area contributed by atoms with Gasteiger partial charge in [0.1, 0.15) is 0 Å². The van der Waals surface area contributed by atoms with Gasteiger partial charge >= 0.3 is 0 Å². The van der Waals surface area contributed by atoms with Gasteiger partial charge in [0.15, 0.2) is 17.5 Å². The van der Waals surface area contributed by atoms with Crippen LogP contribution < -0.4 is 5.32 Å². The Bertz CT molecular complexity index is 579. The summed E-state index contributed by atoms with van der Waals surface area (Å²) in [6.07, 6.45) is 3.14. The van der Waals surface area contributed by atoms with Crippen LogP contribution in [0.1, 0.15) is 31.1 Å². The third kappa shape index (κ3) is 2.35. The van der Waals surface area contributed by atoms with E-state index in [0.717, 1.165) is 31.9 Å². The Hall–Kier alpha value is -1.82. The van der Waals surface area contributed by atoms with Gasteiger partial charge in [0.25, 0.3) is 5.89 Å². The summed E-state index contributed by atoms with van der Waals surface area (Å²) in [5.74, 6) is -1.37. The first-order chi connectivity index (χ1) is 9.25. The molecule has 1 N–H and O–H groups in total. The molecule has 100 valence electrons. The van der Waals surface area contributed by atoms with Crippen molar-refractivity contribution in [2.45, 2.75) is 25.3 Å². The van der Waals surface area contributed by atoms with Gasteiger partial charge in [-0.15, -0.1) is 0 Å². The van der Waals surface area contributed by atoms with Gasteiger partial charge in [-0.05, 0) is 31.5 Å². The van der Waals surface area contributed by atoms with Gasteiger partial charge < -0.3 is 9.84 Å². The summed E-state index contributed by atoms with van der Waals surface area (Å²) in [5.41, 5.74) is -0.00504. The van der Waals surface area contributed by atoms with Crippen LogP contribution in [0.2, 0.25) is 0 Å². The Labute approximate surface area is 108 Å². The van der Waals surface area contributed by atoms with Crippen LogP contribution in [0.15, 0.2) is 22.7 Å². The SMILES string of the molecule is Fc1cccc(-c2nc(C3CCCCN3)no2)c1F. The minimum absolute atomic E-state index is 0.00504. The van der Waals surface area contributed by atoms with Crippen molar-refractivity contribution >= 4 is 0 Å². The lowest BCUT2D eigenvalue weighted by Crippen LogP contribution is -2.27. The number of rotatable bonds is 2. The van der Waals surface area contributed by atoms with E-state index in [-0.39, 0.29) is 17.5 Å². The van der Waals surface area contributed by atoms with Crippen molar-refractivity contribution < 1.29 is 13.3 Å². The fourth-order valence-electron chi connectivity index (χ4n) is 2.23. The van der Waals surface area contributed by atoms with E-state index in [0.29, 0.717) is 5.82 Å². The first-order valence-corrected chi connectivity index (χ1v) is 6.27. The van der Waals surface area contributed by atoms with Crippen LogP contribution in [0.25, 0.3) is 11.5 Å². The Morgan fingerprint density at radius 1 is 1.26 bits per heavy atom. The van der Waals surface area contributed by atoms with Crippen LogP contribution in [-0.4, -0.2) is 16.7 Å². The molecule has 1 aromatic heterocycles.